The van der Waals surface area contributed by atoms with E-state index in [1.54, 1.807) is 12.3 Å². The normalized spacial score (nSPS) is 13.8. The van der Waals surface area contributed by atoms with E-state index in [4.69, 9.17) is 0 Å². The average molecular weight is 267 g/mol. The van der Waals surface area contributed by atoms with Crippen LogP contribution in [0.4, 0.5) is 11.4 Å². The molecular formula is C16H17N3O. The maximum absolute atomic E-state index is 11.9. The molecule has 1 aliphatic rings. The fourth-order valence-electron chi connectivity index (χ4n) is 2.01. The molecule has 1 fully saturated rings. The molecule has 0 atom stereocenters. The van der Waals surface area contributed by atoms with Gasteiger partial charge >= 0.3 is 0 Å². The van der Waals surface area contributed by atoms with Crippen molar-refractivity contribution in [2.45, 2.75) is 18.9 Å². The second kappa shape index (κ2) is 5.33. The Labute approximate surface area is 118 Å². The van der Waals surface area contributed by atoms with E-state index < -0.39 is 0 Å². The van der Waals surface area contributed by atoms with Gasteiger partial charge in [-0.25, -0.2) is 4.98 Å². The molecule has 1 amide bonds. The Morgan fingerprint density at radius 1 is 1.15 bits per heavy atom. The fraction of sp³-hybridized carbons (Fsp3) is 0.250. The molecule has 4 nitrogen and oxygen atoms in total. The van der Waals surface area contributed by atoms with E-state index in [1.807, 2.05) is 48.3 Å². The summed E-state index contributed by atoms with van der Waals surface area (Å²) in [5.41, 5.74) is 2.52. The smallest absolute Gasteiger partial charge is 0.270 e. The first kappa shape index (κ1) is 12.7. The molecule has 1 aliphatic carbocycles. The minimum absolute atomic E-state index is 0.0820. The summed E-state index contributed by atoms with van der Waals surface area (Å²) >= 11 is 0. The molecule has 1 aromatic heterocycles. The van der Waals surface area contributed by atoms with E-state index >= 15 is 0 Å². The molecule has 1 saturated carbocycles. The van der Waals surface area contributed by atoms with Gasteiger partial charge in [0.25, 0.3) is 5.91 Å². The number of anilines is 2. The third kappa shape index (κ3) is 2.79. The highest BCUT2D eigenvalue weighted by Gasteiger charge is 2.24. The first-order valence-electron chi connectivity index (χ1n) is 6.80. The predicted octanol–water partition coefficient (Wildman–Crippen LogP) is 2.74. The van der Waals surface area contributed by atoms with Crippen molar-refractivity contribution in [3.05, 3.63) is 54.4 Å². The minimum Gasteiger partial charge on any atom is -0.348 e. The molecule has 20 heavy (non-hydrogen) atoms. The molecule has 1 N–H and O–H groups in total. The number of hydrogen-bond donors (Lipinski definition) is 1. The molecule has 0 aliphatic heterocycles. The van der Waals surface area contributed by atoms with Gasteiger partial charge in [0.15, 0.2) is 0 Å². The van der Waals surface area contributed by atoms with Crippen molar-refractivity contribution >= 4 is 17.3 Å². The zero-order chi connectivity index (χ0) is 13.9. The van der Waals surface area contributed by atoms with Crippen LogP contribution < -0.4 is 10.2 Å². The van der Waals surface area contributed by atoms with Gasteiger partial charge in [-0.1, -0.05) is 18.2 Å². The number of amides is 1. The highest BCUT2D eigenvalue weighted by atomic mass is 16.2. The lowest BCUT2D eigenvalue weighted by molar-refractivity contribution is 0.0946. The highest BCUT2D eigenvalue weighted by Crippen LogP contribution is 2.23. The van der Waals surface area contributed by atoms with E-state index in [0.29, 0.717) is 11.7 Å². The van der Waals surface area contributed by atoms with Crippen molar-refractivity contribution in [3.8, 4) is 0 Å². The summed E-state index contributed by atoms with van der Waals surface area (Å²) < 4.78 is 0. The lowest BCUT2D eigenvalue weighted by Gasteiger charge is -2.19. The monoisotopic (exact) mass is 267 g/mol. The molecule has 1 aromatic carbocycles. The zero-order valence-corrected chi connectivity index (χ0v) is 11.4. The Balaban J connectivity index is 1.73. The molecule has 0 bridgehead atoms. The summed E-state index contributed by atoms with van der Waals surface area (Å²) in [4.78, 5) is 18.1. The summed E-state index contributed by atoms with van der Waals surface area (Å²) in [6, 6.07) is 14.1. The molecule has 3 rings (SSSR count). The van der Waals surface area contributed by atoms with Gasteiger partial charge in [0.05, 0.1) is 11.9 Å². The van der Waals surface area contributed by atoms with Gasteiger partial charge in [-0.05, 0) is 37.1 Å². The minimum atomic E-state index is -0.0820. The van der Waals surface area contributed by atoms with Crippen LogP contribution in [-0.4, -0.2) is 24.0 Å². The Kier molecular flexibility index (Phi) is 3.37. The number of para-hydroxylation sites is 1. The van der Waals surface area contributed by atoms with Crippen LogP contribution in [0, 0.1) is 0 Å². The predicted molar refractivity (Wildman–Crippen MR) is 79.2 cm³/mol. The van der Waals surface area contributed by atoms with Crippen molar-refractivity contribution < 1.29 is 4.79 Å². The molecule has 0 spiro atoms. The Hall–Kier alpha value is -2.36. The molecule has 0 unspecified atom stereocenters. The maximum Gasteiger partial charge on any atom is 0.270 e. The van der Waals surface area contributed by atoms with Crippen molar-refractivity contribution in [2.75, 3.05) is 11.9 Å². The van der Waals surface area contributed by atoms with Crippen LogP contribution in [0.2, 0.25) is 0 Å². The first-order valence-corrected chi connectivity index (χ1v) is 6.80. The van der Waals surface area contributed by atoms with Crippen LogP contribution in [0.25, 0.3) is 0 Å². The number of pyridine rings is 1. The van der Waals surface area contributed by atoms with Crippen LogP contribution in [-0.2, 0) is 0 Å². The third-order valence-corrected chi connectivity index (χ3v) is 3.42. The van der Waals surface area contributed by atoms with Crippen LogP contribution in [0.15, 0.2) is 48.7 Å². The van der Waals surface area contributed by atoms with Crippen molar-refractivity contribution in [2.24, 2.45) is 0 Å². The van der Waals surface area contributed by atoms with Gasteiger partial charge in [0.1, 0.15) is 5.69 Å². The van der Waals surface area contributed by atoms with Gasteiger partial charge in [-0.15, -0.1) is 0 Å². The van der Waals surface area contributed by atoms with Gasteiger partial charge in [0.2, 0.25) is 0 Å². The van der Waals surface area contributed by atoms with Gasteiger partial charge in [-0.2, -0.15) is 0 Å². The van der Waals surface area contributed by atoms with Crippen LogP contribution >= 0.6 is 0 Å². The Morgan fingerprint density at radius 3 is 2.50 bits per heavy atom. The lowest BCUT2D eigenvalue weighted by Crippen LogP contribution is -2.26. The first-order chi connectivity index (χ1) is 9.74. The van der Waals surface area contributed by atoms with E-state index in [-0.39, 0.29) is 5.91 Å². The Bertz CT molecular complexity index is 591. The van der Waals surface area contributed by atoms with E-state index in [2.05, 4.69) is 10.3 Å². The number of carbonyl (C=O) groups is 1. The summed E-state index contributed by atoms with van der Waals surface area (Å²) in [7, 11) is 1.98. The lowest BCUT2D eigenvalue weighted by atomic mass is 10.2. The summed E-state index contributed by atoms with van der Waals surface area (Å²) in [6.07, 6.45) is 3.90. The van der Waals surface area contributed by atoms with E-state index in [1.165, 1.54) is 0 Å². The topological polar surface area (TPSA) is 45.2 Å². The summed E-state index contributed by atoms with van der Waals surface area (Å²) in [6.45, 7) is 0. The number of aromatic nitrogens is 1. The van der Waals surface area contributed by atoms with Gasteiger partial charge in [0, 0.05) is 18.8 Å². The highest BCUT2D eigenvalue weighted by molar-refractivity contribution is 5.92. The second-order valence-corrected chi connectivity index (χ2v) is 5.04. The maximum atomic E-state index is 11.9. The Morgan fingerprint density at radius 2 is 1.90 bits per heavy atom. The number of benzene rings is 1. The van der Waals surface area contributed by atoms with Crippen LogP contribution in [0.3, 0.4) is 0 Å². The van der Waals surface area contributed by atoms with Gasteiger partial charge < -0.3 is 10.2 Å². The SMILES string of the molecule is CN(c1ccccc1)c1ccc(C(=O)NC2CC2)nc1. The van der Waals surface area contributed by atoms with Gasteiger partial charge in [-0.3, -0.25) is 4.79 Å². The zero-order valence-electron chi connectivity index (χ0n) is 11.4. The second-order valence-electron chi connectivity index (χ2n) is 5.04. The van der Waals surface area contributed by atoms with Crippen molar-refractivity contribution in [1.29, 1.82) is 0 Å². The molecule has 102 valence electrons. The van der Waals surface area contributed by atoms with Crippen molar-refractivity contribution in [3.63, 3.8) is 0 Å². The number of nitrogens with one attached hydrogen (secondary N) is 1. The summed E-state index contributed by atoms with van der Waals surface area (Å²) in [5, 5.41) is 2.94. The quantitative estimate of drug-likeness (QED) is 0.926. The average Bonchev–Trinajstić information content (AvgIpc) is 3.31. The fourth-order valence-corrected chi connectivity index (χ4v) is 2.01. The number of nitrogens with zero attached hydrogens (tertiary/aromatic N) is 2. The molecule has 2 aromatic rings. The third-order valence-electron chi connectivity index (χ3n) is 3.42. The summed E-state index contributed by atoms with van der Waals surface area (Å²) in [5.74, 6) is -0.0820. The number of rotatable bonds is 4. The molecule has 1 heterocycles. The van der Waals surface area contributed by atoms with Crippen molar-refractivity contribution in [1.82, 2.24) is 10.3 Å². The van der Waals surface area contributed by atoms with Crippen LogP contribution in [0.5, 0.6) is 0 Å². The van der Waals surface area contributed by atoms with E-state index in [9.17, 15) is 4.79 Å². The van der Waals surface area contributed by atoms with Crippen LogP contribution in [0.1, 0.15) is 23.3 Å². The van der Waals surface area contributed by atoms with E-state index in [0.717, 1.165) is 24.2 Å². The number of carbonyl (C=O) groups excluding carboxylic acids is 1. The molecule has 0 saturated heterocycles. The number of hydrogen-bond acceptors (Lipinski definition) is 3. The molecule has 4 heteroatoms. The molecule has 0 radical (unpaired) electrons. The largest absolute Gasteiger partial charge is 0.348 e. The molecular weight excluding hydrogens is 250 g/mol. The standard InChI is InChI=1S/C16H17N3O/c1-19(13-5-3-2-4-6-13)14-9-10-15(17-11-14)16(20)18-12-7-8-12/h2-6,9-12H,7-8H2,1H3,(H,18,20).